The summed E-state index contributed by atoms with van der Waals surface area (Å²) < 4.78 is 0. The zero-order valence-electron chi connectivity index (χ0n) is 11.8. The average molecular weight is 265 g/mol. The number of hydrazine groups is 1. The molecule has 0 aromatic carbocycles. The van der Waals surface area contributed by atoms with Gasteiger partial charge in [-0.05, 0) is 18.3 Å². The molecule has 2 unspecified atom stereocenters. The molecule has 1 aromatic heterocycles. The fraction of sp³-hybridized carbons (Fsp3) is 0.692. The third-order valence-corrected chi connectivity index (χ3v) is 3.74. The van der Waals surface area contributed by atoms with E-state index in [1.807, 2.05) is 0 Å². The molecule has 106 valence electrons. The number of nitrogens with two attached hydrogens (primary N) is 1. The summed E-state index contributed by atoms with van der Waals surface area (Å²) in [4.78, 5) is 10.8. The summed E-state index contributed by atoms with van der Waals surface area (Å²) in [6.07, 6.45) is 2.09. The molecule has 0 spiro atoms. The van der Waals surface area contributed by atoms with Crippen LogP contribution in [0.3, 0.4) is 0 Å². The number of anilines is 2. The second-order valence-electron chi connectivity index (χ2n) is 5.54. The average Bonchev–Trinajstić information content (AvgIpc) is 2.40. The van der Waals surface area contributed by atoms with Crippen molar-refractivity contribution < 1.29 is 5.11 Å². The molecule has 0 bridgehead atoms. The van der Waals surface area contributed by atoms with Crippen LogP contribution in [0.4, 0.5) is 11.6 Å². The molecule has 1 saturated heterocycles. The molecule has 1 fully saturated rings. The minimum absolute atomic E-state index is 0.215. The molecule has 6 heteroatoms. The maximum Gasteiger partial charge on any atom is 0.148 e. The molecule has 6 nitrogen and oxygen atoms in total. The van der Waals surface area contributed by atoms with Gasteiger partial charge in [0, 0.05) is 18.7 Å². The number of rotatable bonds is 3. The normalized spacial score (nSPS) is 23.8. The van der Waals surface area contributed by atoms with E-state index in [1.165, 1.54) is 6.33 Å². The van der Waals surface area contributed by atoms with Gasteiger partial charge in [-0.25, -0.2) is 15.8 Å². The Labute approximate surface area is 114 Å². The number of aliphatic hydroxyl groups excluding tert-OH is 1. The lowest BCUT2D eigenvalue weighted by Gasteiger charge is -2.36. The van der Waals surface area contributed by atoms with Gasteiger partial charge in [0.2, 0.25) is 0 Å². The lowest BCUT2D eigenvalue weighted by molar-refractivity contribution is 0.0968. The van der Waals surface area contributed by atoms with Crippen molar-refractivity contribution in [3.8, 4) is 0 Å². The molecule has 1 aliphatic rings. The van der Waals surface area contributed by atoms with E-state index < -0.39 is 0 Å². The third-order valence-electron chi connectivity index (χ3n) is 3.74. The Morgan fingerprint density at radius 1 is 1.47 bits per heavy atom. The van der Waals surface area contributed by atoms with Crippen LogP contribution in [0.5, 0.6) is 0 Å². The number of hydrogen-bond acceptors (Lipinski definition) is 6. The lowest BCUT2D eigenvalue weighted by Crippen LogP contribution is -2.43. The van der Waals surface area contributed by atoms with Crippen molar-refractivity contribution in [2.45, 2.75) is 39.2 Å². The van der Waals surface area contributed by atoms with E-state index in [-0.39, 0.29) is 17.9 Å². The van der Waals surface area contributed by atoms with E-state index in [0.717, 1.165) is 30.9 Å². The summed E-state index contributed by atoms with van der Waals surface area (Å²) in [5.74, 6) is 7.67. The Kier molecular flexibility index (Phi) is 4.21. The van der Waals surface area contributed by atoms with Gasteiger partial charge in [0.25, 0.3) is 0 Å². The Bertz CT molecular complexity index is 437. The van der Waals surface area contributed by atoms with E-state index in [2.05, 4.69) is 41.1 Å². The minimum atomic E-state index is -0.215. The SMILES string of the molecule is CC(C)c1c(NN)ncnc1N1CCC(O)C(C)C1. The van der Waals surface area contributed by atoms with Crippen LogP contribution in [0, 0.1) is 5.92 Å². The van der Waals surface area contributed by atoms with Crippen LogP contribution in [-0.4, -0.2) is 34.3 Å². The van der Waals surface area contributed by atoms with Gasteiger partial charge in [0.15, 0.2) is 0 Å². The summed E-state index contributed by atoms with van der Waals surface area (Å²) in [6.45, 7) is 7.89. The van der Waals surface area contributed by atoms with Crippen molar-refractivity contribution in [1.29, 1.82) is 0 Å². The van der Waals surface area contributed by atoms with Gasteiger partial charge in [-0.1, -0.05) is 20.8 Å². The monoisotopic (exact) mass is 265 g/mol. The summed E-state index contributed by atoms with van der Waals surface area (Å²) >= 11 is 0. The first-order valence-corrected chi connectivity index (χ1v) is 6.79. The van der Waals surface area contributed by atoms with Gasteiger partial charge in [0.05, 0.1) is 6.10 Å². The van der Waals surface area contributed by atoms with Crippen molar-refractivity contribution in [1.82, 2.24) is 9.97 Å². The smallest absolute Gasteiger partial charge is 0.148 e. The highest BCUT2D eigenvalue weighted by Crippen LogP contribution is 2.32. The third kappa shape index (κ3) is 2.79. The largest absolute Gasteiger partial charge is 0.393 e. The van der Waals surface area contributed by atoms with Crippen LogP contribution in [0.15, 0.2) is 6.33 Å². The van der Waals surface area contributed by atoms with E-state index in [1.54, 1.807) is 0 Å². The van der Waals surface area contributed by atoms with Gasteiger partial charge in [-0.3, -0.25) is 0 Å². The number of nitrogen functional groups attached to an aromatic ring is 1. The first-order valence-electron chi connectivity index (χ1n) is 6.79. The summed E-state index contributed by atoms with van der Waals surface area (Å²) in [7, 11) is 0. The van der Waals surface area contributed by atoms with Crippen LogP contribution >= 0.6 is 0 Å². The molecular weight excluding hydrogens is 242 g/mol. The van der Waals surface area contributed by atoms with Gasteiger partial charge in [-0.15, -0.1) is 0 Å². The van der Waals surface area contributed by atoms with Crippen molar-refractivity contribution >= 4 is 11.6 Å². The maximum atomic E-state index is 9.83. The van der Waals surface area contributed by atoms with E-state index in [0.29, 0.717) is 5.82 Å². The summed E-state index contributed by atoms with van der Waals surface area (Å²) in [5, 5.41) is 9.83. The quantitative estimate of drug-likeness (QED) is 0.560. The number of piperidine rings is 1. The summed E-state index contributed by atoms with van der Waals surface area (Å²) in [6, 6.07) is 0. The maximum absolute atomic E-state index is 9.83. The fourth-order valence-electron chi connectivity index (χ4n) is 2.61. The van der Waals surface area contributed by atoms with Gasteiger partial charge in [0.1, 0.15) is 18.0 Å². The molecule has 2 atom stereocenters. The Morgan fingerprint density at radius 2 is 2.21 bits per heavy atom. The number of aliphatic hydroxyl groups is 1. The standard InChI is InChI=1S/C13H23N5O/c1-8(2)11-12(17-14)15-7-16-13(11)18-5-4-10(19)9(3)6-18/h7-10,19H,4-6,14H2,1-3H3,(H,15,16,17). The Balaban J connectivity index is 2.34. The predicted molar refractivity (Wildman–Crippen MR) is 75.9 cm³/mol. The predicted octanol–water partition coefficient (Wildman–Crippen LogP) is 1.09. The summed E-state index contributed by atoms with van der Waals surface area (Å²) in [5.41, 5.74) is 3.68. The van der Waals surface area contributed by atoms with Gasteiger partial charge in [-0.2, -0.15) is 0 Å². The highest BCUT2D eigenvalue weighted by molar-refractivity contribution is 5.60. The van der Waals surface area contributed by atoms with Crippen molar-refractivity contribution in [3.63, 3.8) is 0 Å². The molecule has 0 aliphatic carbocycles. The molecule has 19 heavy (non-hydrogen) atoms. The number of hydrogen-bond donors (Lipinski definition) is 3. The van der Waals surface area contributed by atoms with Crippen molar-refractivity contribution in [2.24, 2.45) is 11.8 Å². The van der Waals surface area contributed by atoms with Crippen LogP contribution in [0.2, 0.25) is 0 Å². The Morgan fingerprint density at radius 3 is 2.79 bits per heavy atom. The molecule has 0 amide bonds. The van der Waals surface area contributed by atoms with Crippen molar-refractivity contribution in [3.05, 3.63) is 11.9 Å². The van der Waals surface area contributed by atoms with Crippen LogP contribution in [0.1, 0.15) is 38.7 Å². The van der Waals surface area contributed by atoms with Gasteiger partial charge < -0.3 is 15.4 Å². The fourth-order valence-corrected chi connectivity index (χ4v) is 2.61. The van der Waals surface area contributed by atoms with E-state index in [4.69, 9.17) is 5.84 Å². The molecule has 1 aliphatic heterocycles. The highest BCUT2D eigenvalue weighted by Gasteiger charge is 2.27. The topological polar surface area (TPSA) is 87.3 Å². The molecule has 2 rings (SSSR count). The molecule has 0 radical (unpaired) electrons. The molecule has 0 saturated carbocycles. The van der Waals surface area contributed by atoms with Crippen LogP contribution in [-0.2, 0) is 0 Å². The first kappa shape index (κ1) is 14.0. The molecular formula is C13H23N5O. The van der Waals surface area contributed by atoms with Crippen LogP contribution < -0.4 is 16.2 Å². The number of nitrogens with one attached hydrogen (secondary N) is 1. The zero-order chi connectivity index (χ0) is 14.0. The number of nitrogens with zero attached hydrogens (tertiary/aromatic N) is 3. The first-order chi connectivity index (χ1) is 9.04. The molecule has 1 aromatic rings. The van der Waals surface area contributed by atoms with Gasteiger partial charge >= 0.3 is 0 Å². The van der Waals surface area contributed by atoms with Crippen molar-refractivity contribution in [2.75, 3.05) is 23.4 Å². The number of aromatic nitrogens is 2. The second-order valence-corrected chi connectivity index (χ2v) is 5.54. The Hall–Kier alpha value is -1.40. The second kappa shape index (κ2) is 5.71. The van der Waals surface area contributed by atoms with Crippen LogP contribution in [0.25, 0.3) is 0 Å². The zero-order valence-corrected chi connectivity index (χ0v) is 11.8. The molecule has 4 N–H and O–H groups in total. The van der Waals surface area contributed by atoms with E-state index >= 15 is 0 Å². The van der Waals surface area contributed by atoms with E-state index in [9.17, 15) is 5.11 Å². The minimum Gasteiger partial charge on any atom is -0.393 e. The highest BCUT2D eigenvalue weighted by atomic mass is 16.3. The lowest BCUT2D eigenvalue weighted by atomic mass is 9.95. The molecule has 2 heterocycles.